The lowest BCUT2D eigenvalue weighted by molar-refractivity contribution is -0.104. The van der Waals surface area contributed by atoms with Gasteiger partial charge in [-0.15, -0.1) is 0 Å². The number of primary sulfonamides is 1. The highest BCUT2D eigenvalue weighted by Crippen LogP contribution is 2.43. The summed E-state index contributed by atoms with van der Waals surface area (Å²) in [7, 11) is -3.35. The van der Waals surface area contributed by atoms with E-state index >= 15 is 0 Å². The van der Waals surface area contributed by atoms with E-state index in [4.69, 9.17) is 9.88 Å². The number of nitrogens with two attached hydrogens (primary N) is 1. The second kappa shape index (κ2) is 2.93. The monoisotopic (exact) mass is 205 g/mol. The van der Waals surface area contributed by atoms with E-state index in [1.54, 1.807) is 0 Å². The summed E-state index contributed by atoms with van der Waals surface area (Å²) < 4.78 is 27.5. The van der Waals surface area contributed by atoms with Gasteiger partial charge < -0.3 is 4.74 Å². The Morgan fingerprint density at radius 3 is 2.38 bits per heavy atom. The van der Waals surface area contributed by atoms with Crippen molar-refractivity contribution in [2.75, 3.05) is 12.4 Å². The van der Waals surface area contributed by atoms with Crippen LogP contribution in [0.2, 0.25) is 0 Å². The summed E-state index contributed by atoms with van der Waals surface area (Å²) >= 11 is 0. The molecule has 1 aliphatic carbocycles. The smallest absolute Gasteiger partial charge is 0.209 e. The Bertz CT molecular complexity index is 277. The Balaban J connectivity index is 2.11. The summed E-state index contributed by atoms with van der Waals surface area (Å²) in [6, 6.07) is 0. The normalized spacial score (nSPS) is 39.3. The minimum Gasteiger partial charge on any atom is -0.378 e. The van der Waals surface area contributed by atoms with Crippen molar-refractivity contribution in [1.29, 1.82) is 0 Å². The fourth-order valence-corrected chi connectivity index (χ4v) is 3.65. The summed E-state index contributed by atoms with van der Waals surface area (Å²) in [5.74, 6) is 0.0900. The lowest BCUT2D eigenvalue weighted by atomic mass is 9.73. The minimum absolute atomic E-state index is 0.0900. The van der Waals surface area contributed by atoms with Crippen molar-refractivity contribution in [3.63, 3.8) is 0 Å². The second-order valence-electron chi connectivity index (χ2n) is 4.32. The summed E-state index contributed by atoms with van der Waals surface area (Å²) in [6.45, 7) is 0.577. The standard InChI is InChI=1S/C8H15NO3S/c9-13(10,11)6-8-3-1-7(2-4-8)12-5-8/h7H,1-6H2,(H2,9,10,11). The van der Waals surface area contributed by atoms with Gasteiger partial charge >= 0.3 is 0 Å². The van der Waals surface area contributed by atoms with Gasteiger partial charge in [0.05, 0.1) is 18.5 Å². The van der Waals surface area contributed by atoms with Gasteiger partial charge in [-0.25, -0.2) is 13.6 Å². The van der Waals surface area contributed by atoms with Gasteiger partial charge in [-0.05, 0) is 25.7 Å². The molecule has 0 radical (unpaired) electrons. The molecule has 4 nitrogen and oxygen atoms in total. The van der Waals surface area contributed by atoms with Crippen molar-refractivity contribution in [1.82, 2.24) is 0 Å². The molecule has 0 aromatic carbocycles. The molecule has 2 N–H and O–H groups in total. The number of fused-ring (bicyclic) bond motifs is 3. The quantitative estimate of drug-likeness (QED) is 0.701. The topological polar surface area (TPSA) is 69.4 Å². The molecule has 3 fully saturated rings. The molecule has 3 rings (SSSR count). The number of hydrogen-bond acceptors (Lipinski definition) is 3. The molecule has 0 spiro atoms. The van der Waals surface area contributed by atoms with Gasteiger partial charge in [0.2, 0.25) is 10.0 Å². The zero-order chi connectivity index (χ0) is 9.53. The largest absolute Gasteiger partial charge is 0.378 e. The van der Waals surface area contributed by atoms with Crippen molar-refractivity contribution in [3.8, 4) is 0 Å². The third kappa shape index (κ3) is 2.03. The van der Waals surface area contributed by atoms with Gasteiger partial charge in [0.1, 0.15) is 0 Å². The molecule has 0 amide bonds. The van der Waals surface area contributed by atoms with Crippen LogP contribution >= 0.6 is 0 Å². The summed E-state index contributed by atoms with van der Waals surface area (Å²) in [4.78, 5) is 0. The maximum absolute atomic E-state index is 11.0. The van der Waals surface area contributed by atoms with Gasteiger partial charge in [-0.3, -0.25) is 0 Å². The third-order valence-corrected chi connectivity index (χ3v) is 4.14. The Labute approximate surface area is 78.5 Å². The van der Waals surface area contributed by atoms with E-state index in [-0.39, 0.29) is 11.2 Å². The van der Waals surface area contributed by atoms with Crippen LogP contribution in [0.25, 0.3) is 0 Å². The van der Waals surface area contributed by atoms with Crippen LogP contribution in [0.4, 0.5) is 0 Å². The van der Waals surface area contributed by atoms with Crippen LogP contribution in [0.3, 0.4) is 0 Å². The molecule has 0 aromatic heterocycles. The summed E-state index contributed by atoms with van der Waals surface area (Å²) in [5, 5.41) is 5.06. The average molecular weight is 205 g/mol. The van der Waals surface area contributed by atoms with Gasteiger partial charge in [0.25, 0.3) is 0 Å². The Kier molecular flexibility index (Phi) is 2.13. The molecule has 5 heteroatoms. The first kappa shape index (κ1) is 9.43. The van der Waals surface area contributed by atoms with Crippen LogP contribution in [0.15, 0.2) is 0 Å². The number of hydrogen-bond donors (Lipinski definition) is 1. The zero-order valence-corrected chi connectivity index (χ0v) is 8.35. The molecule has 2 heterocycles. The molecule has 2 bridgehead atoms. The number of sulfonamides is 1. The predicted molar refractivity (Wildman–Crippen MR) is 48.6 cm³/mol. The van der Waals surface area contributed by atoms with Crippen LogP contribution in [-0.4, -0.2) is 26.9 Å². The van der Waals surface area contributed by atoms with Crippen molar-refractivity contribution >= 4 is 10.0 Å². The first-order valence-electron chi connectivity index (χ1n) is 4.61. The van der Waals surface area contributed by atoms with Crippen LogP contribution in [-0.2, 0) is 14.8 Å². The van der Waals surface area contributed by atoms with Crippen LogP contribution in [0, 0.1) is 5.41 Å². The average Bonchev–Trinajstić information content (AvgIpc) is 2.03. The molecular formula is C8H15NO3S. The molecule has 0 unspecified atom stereocenters. The first-order chi connectivity index (χ1) is 5.99. The molecule has 76 valence electrons. The van der Waals surface area contributed by atoms with Crippen LogP contribution in [0.5, 0.6) is 0 Å². The fraction of sp³-hybridized carbons (Fsp3) is 1.00. The molecule has 3 aliphatic rings. The molecule has 13 heavy (non-hydrogen) atoms. The van der Waals surface area contributed by atoms with E-state index in [2.05, 4.69) is 0 Å². The van der Waals surface area contributed by atoms with Crippen molar-refractivity contribution in [2.45, 2.75) is 31.8 Å². The zero-order valence-electron chi connectivity index (χ0n) is 7.53. The van der Waals surface area contributed by atoms with E-state index in [1.165, 1.54) is 0 Å². The van der Waals surface area contributed by atoms with E-state index in [9.17, 15) is 8.42 Å². The molecule has 2 aliphatic heterocycles. The SMILES string of the molecule is NS(=O)(=O)CC12CCC(CC1)OC2. The molecule has 0 aromatic rings. The lowest BCUT2D eigenvalue weighted by Gasteiger charge is -2.45. The molecular weight excluding hydrogens is 190 g/mol. The summed E-state index contributed by atoms with van der Waals surface area (Å²) in [6.07, 6.45) is 4.27. The third-order valence-electron chi connectivity index (χ3n) is 3.13. The lowest BCUT2D eigenvalue weighted by Crippen LogP contribution is -2.47. The maximum atomic E-state index is 11.0. The minimum atomic E-state index is -3.35. The van der Waals surface area contributed by atoms with Crippen molar-refractivity contribution in [3.05, 3.63) is 0 Å². The second-order valence-corrected chi connectivity index (χ2v) is 5.93. The Morgan fingerprint density at radius 1 is 1.38 bits per heavy atom. The van der Waals surface area contributed by atoms with Crippen molar-refractivity contribution < 1.29 is 13.2 Å². The van der Waals surface area contributed by atoms with Gasteiger partial charge in [0.15, 0.2) is 0 Å². The summed E-state index contributed by atoms with van der Waals surface area (Å²) in [5.41, 5.74) is -0.164. The number of rotatable bonds is 2. The van der Waals surface area contributed by atoms with Crippen molar-refractivity contribution in [2.24, 2.45) is 10.6 Å². The van der Waals surface area contributed by atoms with Gasteiger partial charge in [0, 0.05) is 5.41 Å². The first-order valence-corrected chi connectivity index (χ1v) is 6.33. The predicted octanol–water partition coefficient (Wildman–Crippen LogP) is 0.234. The molecule has 2 saturated heterocycles. The molecule has 1 saturated carbocycles. The van der Waals surface area contributed by atoms with Gasteiger partial charge in [-0.1, -0.05) is 0 Å². The maximum Gasteiger partial charge on any atom is 0.209 e. The van der Waals surface area contributed by atoms with E-state index in [0.717, 1.165) is 25.7 Å². The Morgan fingerprint density at radius 2 is 2.00 bits per heavy atom. The highest BCUT2D eigenvalue weighted by atomic mass is 32.2. The molecule has 0 atom stereocenters. The van der Waals surface area contributed by atoms with Crippen LogP contribution in [0.1, 0.15) is 25.7 Å². The van der Waals surface area contributed by atoms with Crippen LogP contribution < -0.4 is 5.14 Å². The highest BCUT2D eigenvalue weighted by Gasteiger charge is 2.43. The fourth-order valence-electron chi connectivity index (χ4n) is 2.42. The Hall–Kier alpha value is -0.130. The highest BCUT2D eigenvalue weighted by molar-refractivity contribution is 7.89. The van der Waals surface area contributed by atoms with E-state index in [0.29, 0.717) is 12.7 Å². The van der Waals surface area contributed by atoms with Gasteiger partial charge in [-0.2, -0.15) is 0 Å². The van der Waals surface area contributed by atoms with E-state index < -0.39 is 10.0 Å². The number of ether oxygens (including phenoxy) is 1. The van der Waals surface area contributed by atoms with E-state index in [1.807, 2.05) is 0 Å².